The topological polar surface area (TPSA) is 21.3 Å². The van der Waals surface area contributed by atoms with Gasteiger partial charge in [-0.05, 0) is 38.5 Å². The van der Waals surface area contributed by atoms with Crippen LogP contribution in [0.3, 0.4) is 0 Å². The minimum absolute atomic E-state index is 0.0683. The van der Waals surface area contributed by atoms with Gasteiger partial charge in [0, 0.05) is 12.1 Å². The molecule has 0 radical (unpaired) electrons. The number of hydrogen-bond acceptors (Lipinski definition) is 2. The summed E-state index contributed by atoms with van der Waals surface area (Å²) in [5.41, 5.74) is 1.12. The first kappa shape index (κ1) is 13.6. The SMILES string of the molecule is COc1c(Cl)cc(CNC(C)(C)C)cc1Cl. The third kappa shape index (κ3) is 3.85. The molecule has 4 heteroatoms. The average Bonchev–Trinajstić information content (AvgIpc) is 2.13. The molecule has 0 heterocycles. The highest BCUT2D eigenvalue weighted by atomic mass is 35.5. The number of ether oxygens (including phenoxy) is 1. The summed E-state index contributed by atoms with van der Waals surface area (Å²) in [5.74, 6) is 0.530. The maximum Gasteiger partial charge on any atom is 0.156 e. The maximum absolute atomic E-state index is 6.05. The number of nitrogens with one attached hydrogen (secondary N) is 1. The zero-order valence-electron chi connectivity index (χ0n) is 10.0. The second kappa shape index (κ2) is 5.26. The number of rotatable bonds is 3. The molecule has 16 heavy (non-hydrogen) atoms. The van der Waals surface area contributed by atoms with Crippen molar-refractivity contribution in [3.05, 3.63) is 27.7 Å². The summed E-state index contributed by atoms with van der Waals surface area (Å²) in [6, 6.07) is 3.73. The van der Waals surface area contributed by atoms with Crippen LogP contribution in [0.15, 0.2) is 12.1 Å². The minimum Gasteiger partial charge on any atom is -0.494 e. The van der Waals surface area contributed by atoms with E-state index >= 15 is 0 Å². The Balaban J connectivity index is 2.84. The van der Waals surface area contributed by atoms with E-state index in [1.807, 2.05) is 12.1 Å². The van der Waals surface area contributed by atoms with E-state index in [0.29, 0.717) is 15.8 Å². The monoisotopic (exact) mass is 261 g/mol. The molecule has 0 atom stereocenters. The summed E-state index contributed by atoms with van der Waals surface area (Å²) < 4.78 is 5.09. The highest BCUT2D eigenvalue weighted by Gasteiger charge is 2.11. The van der Waals surface area contributed by atoms with Gasteiger partial charge in [0.05, 0.1) is 17.2 Å². The van der Waals surface area contributed by atoms with Crippen LogP contribution in [0.25, 0.3) is 0 Å². The molecule has 1 aromatic rings. The number of benzene rings is 1. The third-order valence-electron chi connectivity index (χ3n) is 2.09. The largest absolute Gasteiger partial charge is 0.494 e. The third-order valence-corrected chi connectivity index (χ3v) is 2.65. The van der Waals surface area contributed by atoms with Crippen LogP contribution < -0.4 is 10.1 Å². The maximum atomic E-state index is 6.05. The van der Waals surface area contributed by atoms with E-state index in [-0.39, 0.29) is 5.54 Å². The summed E-state index contributed by atoms with van der Waals surface area (Å²) in [4.78, 5) is 0. The van der Waals surface area contributed by atoms with Crippen LogP contribution in [-0.2, 0) is 6.54 Å². The summed E-state index contributed by atoms with van der Waals surface area (Å²) >= 11 is 12.1. The normalized spacial score (nSPS) is 11.6. The molecule has 90 valence electrons. The summed E-state index contributed by atoms with van der Waals surface area (Å²) in [7, 11) is 1.56. The summed E-state index contributed by atoms with van der Waals surface area (Å²) in [6.45, 7) is 7.06. The zero-order chi connectivity index (χ0) is 12.3. The number of halogens is 2. The Morgan fingerprint density at radius 1 is 1.19 bits per heavy atom. The lowest BCUT2D eigenvalue weighted by Gasteiger charge is -2.21. The first-order valence-corrected chi connectivity index (χ1v) is 5.86. The van der Waals surface area contributed by atoms with Crippen molar-refractivity contribution in [1.29, 1.82) is 0 Å². The van der Waals surface area contributed by atoms with Crippen molar-refractivity contribution in [3.8, 4) is 5.75 Å². The van der Waals surface area contributed by atoms with Crippen molar-refractivity contribution < 1.29 is 4.74 Å². The molecule has 0 aliphatic heterocycles. The van der Waals surface area contributed by atoms with E-state index in [1.165, 1.54) is 0 Å². The van der Waals surface area contributed by atoms with Crippen molar-refractivity contribution >= 4 is 23.2 Å². The Bertz CT molecular complexity index is 349. The zero-order valence-corrected chi connectivity index (χ0v) is 11.5. The predicted octanol–water partition coefficient (Wildman–Crippen LogP) is 3.89. The molecule has 2 nitrogen and oxygen atoms in total. The molecular weight excluding hydrogens is 245 g/mol. The molecular formula is C12H17Cl2NO. The molecule has 0 saturated carbocycles. The van der Waals surface area contributed by atoms with Crippen molar-refractivity contribution in [1.82, 2.24) is 5.32 Å². The van der Waals surface area contributed by atoms with Crippen LogP contribution in [0.2, 0.25) is 10.0 Å². The molecule has 1 aromatic carbocycles. The van der Waals surface area contributed by atoms with E-state index in [4.69, 9.17) is 27.9 Å². The van der Waals surface area contributed by atoms with Gasteiger partial charge in [-0.25, -0.2) is 0 Å². The quantitative estimate of drug-likeness (QED) is 0.892. The fourth-order valence-corrected chi connectivity index (χ4v) is 1.96. The molecule has 0 unspecified atom stereocenters. The van der Waals surface area contributed by atoms with Gasteiger partial charge in [0.2, 0.25) is 0 Å². The Morgan fingerprint density at radius 2 is 1.69 bits per heavy atom. The lowest BCUT2D eigenvalue weighted by Crippen LogP contribution is -2.35. The first-order chi connectivity index (χ1) is 7.33. The molecule has 0 amide bonds. The lowest BCUT2D eigenvalue weighted by molar-refractivity contribution is 0.413. The van der Waals surface area contributed by atoms with E-state index in [1.54, 1.807) is 7.11 Å². The molecule has 0 fully saturated rings. The molecule has 1 rings (SSSR count). The Hall–Kier alpha value is -0.440. The Labute approximate surface area is 107 Å². The highest BCUT2D eigenvalue weighted by molar-refractivity contribution is 6.37. The first-order valence-electron chi connectivity index (χ1n) is 5.10. The van der Waals surface area contributed by atoms with Crippen LogP contribution >= 0.6 is 23.2 Å². The second-order valence-electron chi connectivity index (χ2n) is 4.70. The van der Waals surface area contributed by atoms with Crippen molar-refractivity contribution in [2.24, 2.45) is 0 Å². The van der Waals surface area contributed by atoms with Crippen molar-refractivity contribution in [2.75, 3.05) is 7.11 Å². The molecule has 0 spiro atoms. The van der Waals surface area contributed by atoms with Crippen LogP contribution in [0.5, 0.6) is 5.75 Å². The number of methoxy groups -OCH3 is 1. The van der Waals surface area contributed by atoms with Gasteiger partial charge in [-0.15, -0.1) is 0 Å². The van der Waals surface area contributed by atoms with Gasteiger partial charge in [-0.3, -0.25) is 0 Å². The molecule has 0 aliphatic carbocycles. The van der Waals surface area contributed by atoms with E-state index in [9.17, 15) is 0 Å². The molecule has 0 aromatic heterocycles. The van der Waals surface area contributed by atoms with Crippen LogP contribution in [-0.4, -0.2) is 12.6 Å². The van der Waals surface area contributed by atoms with Gasteiger partial charge in [0.1, 0.15) is 0 Å². The summed E-state index contributed by atoms with van der Waals surface area (Å²) in [5, 5.41) is 4.46. The average molecular weight is 262 g/mol. The molecule has 1 N–H and O–H groups in total. The molecule has 0 aliphatic rings. The summed E-state index contributed by atoms with van der Waals surface area (Å²) in [6.07, 6.45) is 0. The Morgan fingerprint density at radius 3 is 2.06 bits per heavy atom. The van der Waals surface area contributed by atoms with Gasteiger partial charge in [0.25, 0.3) is 0 Å². The van der Waals surface area contributed by atoms with Crippen molar-refractivity contribution in [3.63, 3.8) is 0 Å². The van der Waals surface area contributed by atoms with Crippen molar-refractivity contribution in [2.45, 2.75) is 32.9 Å². The van der Waals surface area contributed by atoms with E-state index in [0.717, 1.165) is 12.1 Å². The van der Waals surface area contributed by atoms with Crippen LogP contribution in [0.4, 0.5) is 0 Å². The molecule has 0 saturated heterocycles. The number of hydrogen-bond donors (Lipinski definition) is 1. The Kier molecular flexibility index (Phi) is 4.48. The fourth-order valence-electron chi connectivity index (χ4n) is 1.28. The fraction of sp³-hybridized carbons (Fsp3) is 0.500. The minimum atomic E-state index is 0.0683. The van der Waals surface area contributed by atoms with Gasteiger partial charge < -0.3 is 10.1 Å². The smallest absolute Gasteiger partial charge is 0.156 e. The van der Waals surface area contributed by atoms with E-state index < -0.39 is 0 Å². The van der Waals surface area contributed by atoms with Gasteiger partial charge >= 0.3 is 0 Å². The van der Waals surface area contributed by atoms with Gasteiger partial charge in [-0.1, -0.05) is 23.2 Å². The molecule has 0 bridgehead atoms. The predicted molar refractivity (Wildman–Crippen MR) is 69.6 cm³/mol. The van der Waals surface area contributed by atoms with Crippen LogP contribution in [0, 0.1) is 0 Å². The lowest BCUT2D eigenvalue weighted by atomic mass is 10.1. The highest BCUT2D eigenvalue weighted by Crippen LogP contribution is 2.33. The van der Waals surface area contributed by atoms with Gasteiger partial charge in [-0.2, -0.15) is 0 Å². The van der Waals surface area contributed by atoms with Crippen LogP contribution in [0.1, 0.15) is 26.3 Å². The van der Waals surface area contributed by atoms with Gasteiger partial charge in [0.15, 0.2) is 5.75 Å². The van der Waals surface area contributed by atoms with E-state index in [2.05, 4.69) is 26.1 Å². The second-order valence-corrected chi connectivity index (χ2v) is 5.51. The standard InChI is InChI=1S/C12H17Cl2NO/c1-12(2,3)15-7-8-5-9(13)11(16-4)10(14)6-8/h5-6,15H,7H2,1-4H3.